The maximum atomic E-state index is 14.3. The average molecular weight is 451 g/mol. The Morgan fingerprint density at radius 2 is 1.97 bits per heavy atom. The maximum Gasteiger partial charge on any atom is 0.268 e. The van der Waals surface area contributed by atoms with E-state index in [1.165, 1.54) is 55.6 Å². The fourth-order valence-electron chi connectivity index (χ4n) is 2.60. The normalized spacial score (nSPS) is 12.8. The first-order valence-electron chi connectivity index (χ1n) is 10.3. The summed E-state index contributed by atoms with van der Waals surface area (Å²) in [5, 5.41) is 10.7. The van der Waals surface area contributed by atoms with Crippen molar-refractivity contribution in [1.29, 1.82) is 0 Å². The third kappa shape index (κ3) is 6.00. The van der Waals surface area contributed by atoms with Crippen molar-refractivity contribution in [2.75, 3.05) is 27.3 Å². The molecule has 1 heterocycles. The Morgan fingerprint density at radius 1 is 1.26 bits per heavy atom. The number of halogens is 1. The highest BCUT2D eigenvalue weighted by Gasteiger charge is 2.24. The van der Waals surface area contributed by atoms with Gasteiger partial charge in [-0.2, -0.15) is 0 Å². The molecular formula is C22H25FN2O5S. The van der Waals surface area contributed by atoms with E-state index in [1.54, 1.807) is 13.2 Å². The first kappa shape index (κ1) is 21.2. The number of carbonyl (C=O) groups excluding carboxylic acids is 1. The molecule has 3 aromatic rings. The molecule has 3 rings (SSSR count). The lowest BCUT2D eigenvalue weighted by Crippen LogP contribution is -2.17. The van der Waals surface area contributed by atoms with Crippen molar-refractivity contribution in [2.24, 2.45) is 0 Å². The lowest BCUT2D eigenvalue weighted by molar-refractivity contribution is 0.0963. The zero-order valence-corrected chi connectivity index (χ0v) is 17.9. The molecule has 0 saturated heterocycles. The lowest BCUT2D eigenvalue weighted by Gasteiger charge is -2.11. The minimum Gasteiger partial charge on any atom is -0.396 e. The van der Waals surface area contributed by atoms with Crippen LogP contribution in [0.3, 0.4) is 0 Å². The van der Waals surface area contributed by atoms with Crippen LogP contribution in [0.2, 0.25) is 0 Å². The molecule has 0 aliphatic carbocycles. The van der Waals surface area contributed by atoms with Crippen molar-refractivity contribution in [1.82, 2.24) is 9.29 Å². The third-order valence-electron chi connectivity index (χ3n) is 4.11. The van der Waals surface area contributed by atoms with Crippen LogP contribution in [0.4, 0.5) is 4.39 Å². The Bertz CT molecular complexity index is 1200. The Morgan fingerprint density at radius 3 is 2.55 bits per heavy atom. The molecular weight excluding hydrogens is 423 g/mol. The van der Waals surface area contributed by atoms with E-state index in [2.05, 4.69) is 10.1 Å². The summed E-state index contributed by atoms with van der Waals surface area (Å²) in [6, 6.07) is 12.5. The van der Waals surface area contributed by atoms with Gasteiger partial charge < -0.3 is 15.2 Å². The summed E-state index contributed by atoms with van der Waals surface area (Å²) in [4.78, 5) is 11.8. The first-order chi connectivity index (χ1) is 15.6. The van der Waals surface area contributed by atoms with Gasteiger partial charge in [0.15, 0.2) is 0 Å². The second-order valence-electron chi connectivity index (χ2n) is 6.18. The number of nitrogens with zero attached hydrogens (tertiary/aromatic N) is 1. The van der Waals surface area contributed by atoms with Crippen molar-refractivity contribution in [2.45, 2.75) is 11.3 Å². The summed E-state index contributed by atoms with van der Waals surface area (Å²) in [5.74, 6) is -1.11. The fraction of sp³-hybridized carbons (Fsp3) is 0.227. The average Bonchev–Trinajstić information content (AvgIpc) is 3.24. The van der Waals surface area contributed by atoms with E-state index in [-0.39, 0.29) is 27.8 Å². The number of rotatable bonds is 7. The van der Waals surface area contributed by atoms with Crippen LogP contribution >= 0.6 is 0 Å². The van der Waals surface area contributed by atoms with Crippen molar-refractivity contribution in [3.8, 4) is 11.3 Å². The molecule has 1 amide bonds. The number of aliphatic hydroxyl groups excluding tert-OH is 1. The summed E-state index contributed by atoms with van der Waals surface area (Å²) in [7, 11) is -1.17. The Balaban J connectivity index is 0.000000479. The smallest absolute Gasteiger partial charge is 0.268 e. The van der Waals surface area contributed by atoms with Gasteiger partial charge in [0.05, 0.1) is 18.9 Å². The fourth-order valence-corrected chi connectivity index (χ4v) is 3.96. The quantitative estimate of drug-likeness (QED) is 0.577. The highest BCUT2D eigenvalue weighted by atomic mass is 32.2. The summed E-state index contributed by atoms with van der Waals surface area (Å²) in [5.41, 5.74) is 0.154. The largest absolute Gasteiger partial charge is 0.396 e. The number of carbonyl (C=O) groups is 1. The second kappa shape index (κ2) is 11.4. The van der Waals surface area contributed by atoms with E-state index in [0.717, 1.165) is 10.2 Å². The number of amides is 1. The number of benzene rings is 2. The molecule has 31 heavy (non-hydrogen) atoms. The number of aliphatic hydroxyl groups is 1. The van der Waals surface area contributed by atoms with Gasteiger partial charge in [0.1, 0.15) is 5.82 Å². The standard InChI is InChI=1S/C18H15FN2O3S.C4H10O2/c1-20-18(22)13-11-17(15-9-5-6-10-16(15)19)21(12-13)25(23,24)14-7-3-2-4-8-14;1-6-4-2-3-5/h2-12H,1H3,(H,20,22);5H,2-4H2,1H3/i2*3D. The SMILES string of the molecule is [2H]C(O)CCOC.[2H]c1cccc(S(=O)(=O)n2cc(C(=O)NC)cc2-c2ccccc2F)c1. The molecule has 0 bridgehead atoms. The maximum absolute atomic E-state index is 14.3. The topological polar surface area (TPSA) is 97.6 Å². The molecule has 0 spiro atoms. The molecule has 0 fully saturated rings. The van der Waals surface area contributed by atoms with Crippen LogP contribution in [0, 0.1) is 5.82 Å². The number of methoxy groups -OCH3 is 1. The summed E-state index contributed by atoms with van der Waals surface area (Å²) in [6.07, 6.45) is 1.54. The Kier molecular flexibility index (Phi) is 7.81. The highest BCUT2D eigenvalue weighted by molar-refractivity contribution is 7.90. The van der Waals surface area contributed by atoms with E-state index >= 15 is 0 Å². The molecule has 7 nitrogen and oxygen atoms in total. The molecule has 1 aromatic heterocycles. The number of hydrogen-bond acceptors (Lipinski definition) is 5. The van der Waals surface area contributed by atoms with Gasteiger partial charge in [-0.05, 0) is 36.8 Å². The van der Waals surface area contributed by atoms with Gasteiger partial charge >= 0.3 is 0 Å². The molecule has 2 aromatic carbocycles. The van der Waals surface area contributed by atoms with Crippen LogP contribution in [0.5, 0.6) is 0 Å². The summed E-state index contributed by atoms with van der Waals surface area (Å²) >= 11 is 0. The molecule has 1 unspecified atom stereocenters. The van der Waals surface area contributed by atoms with E-state index in [9.17, 15) is 17.6 Å². The molecule has 0 radical (unpaired) electrons. The third-order valence-corrected chi connectivity index (χ3v) is 5.78. The predicted molar refractivity (Wildman–Crippen MR) is 116 cm³/mol. The molecule has 9 heteroatoms. The number of nitrogens with one attached hydrogen (secondary N) is 1. The monoisotopic (exact) mass is 450 g/mol. The minimum atomic E-state index is -4.13. The van der Waals surface area contributed by atoms with Crippen LogP contribution in [0.15, 0.2) is 71.7 Å². The van der Waals surface area contributed by atoms with Crippen LogP contribution in [-0.4, -0.2) is 50.8 Å². The molecule has 0 aliphatic heterocycles. The van der Waals surface area contributed by atoms with Crippen molar-refractivity contribution >= 4 is 15.9 Å². The van der Waals surface area contributed by atoms with Gasteiger partial charge in [-0.1, -0.05) is 30.3 Å². The molecule has 2 N–H and O–H groups in total. The van der Waals surface area contributed by atoms with Crippen LogP contribution < -0.4 is 5.32 Å². The summed E-state index contributed by atoms with van der Waals surface area (Å²) in [6.45, 7) is -0.509. The lowest BCUT2D eigenvalue weighted by atomic mass is 10.1. The summed E-state index contributed by atoms with van der Waals surface area (Å²) < 4.78 is 60.0. The van der Waals surface area contributed by atoms with Crippen molar-refractivity contribution in [3.05, 3.63) is 78.2 Å². The Hall–Kier alpha value is -3.01. The highest BCUT2D eigenvalue weighted by Crippen LogP contribution is 2.29. The zero-order chi connectivity index (χ0) is 24.6. The van der Waals surface area contributed by atoms with E-state index in [1.807, 2.05) is 0 Å². The minimum absolute atomic E-state index is 0.0251. The van der Waals surface area contributed by atoms with Crippen molar-refractivity contribution < 1.29 is 30.2 Å². The van der Waals surface area contributed by atoms with Gasteiger partial charge in [0.2, 0.25) is 0 Å². The molecule has 0 saturated carbocycles. The van der Waals surface area contributed by atoms with Crippen LogP contribution in [0.25, 0.3) is 11.3 Å². The molecule has 1 atom stereocenters. The Labute approximate surface area is 184 Å². The van der Waals surface area contributed by atoms with E-state index in [4.69, 9.17) is 7.85 Å². The van der Waals surface area contributed by atoms with Gasteiger partial charge in [0.25, 0.3) is 15.9 Å². The van der Waals surface area contributed by atoms with Crippen LogP contribution in [-0.2, 0) is 14.8 Å². The number of aromatic nitrogens is 1. The van der Waals surface area contributed by atoms with Crippen molar-refractivity contribution in [3.63, 3.8) is 0 Å². The van der Waals surface area contributed by atoms with Crippen LogP contribution in [0.1, 0.15) is 19.5 Å². The molecule has 0 aliphatic rings. The molecule has 166 valence electrons. The van der Waals surface area contributed by atoms with Gasteiger partial charge in [0, 0.05) is 39.1 Å². The number of ether oxygens (including phenoxy) is 1. The number of hydrogen-bond donors (Lipinski definition) is 2. The first-order valence-corrected chi connectivity index (χ1v) is 10.7. The van der Waals surface area contributed by atoms with E-state index in [0.29, 0.717) is 13.0 Å². The van der Waals surface area contributed by atoms with Gasteiger partial charge in [-0.25, -0.2) is 16.8 Å². The van der Waals surface area contributed by atoms with Gasteiger partial charge in [-0.3, -0.25) is 4.79 Å². The second-order valence-corrected chi connectivity index (χ2v) is 7.99. The van der Waals surface area contributed by atoms with Gasteiger partial charge in [-0.15, -0.1) is 0 Å². The van der Waals surface area contributed by atoms with E-state index < -0.39 is 28.3 Å². The zero-order valence-electron chi connectivity index (χ0n) is 19.1. The predicted octanol–water partition coefficient (Wildman–Crippen LogP) is 2.91.